The van der Waals surface area contributed by atoms with Crippen LogP contribution in [0.3, 0.4) is 0 Å². The van der Waals surface area contributed by atoms with Gasteiger partial charge in [-0.2, -0.15) is 0 Å². The average Bonchev–Trinajstić information content (AvgIpc) is 2.69. The third-order valence-corrected chi connectivity index (χ3v) is 2.39. The van der Waals surface area contributed by atoms with Gasteiger partial charge in [-0.15, -0.1) is 6.58 Å². The maximum atomic E-state index is 11.8. The van der Waals surface area contributed by atoms with E-state index in [2.05, 4.69) is 11.9 Å². The van der Waals surface area contributed by atoms with Crippen molar-refractivity contribution in [2.45, 2.75) is 18.9 Å². The summed E-state index contributed by atoms with van der Waals surface area (Å²) in [6.45, 7) is 5.42. The molecule has 1 heterocycles. The second-order valence-electron chi connectivity index (χ2n) is 3.45. The minimum atomic E-state index is -0.0542. The lowest BCUT2D eigenvalue weighted by Crippen LogP contribution is -2.44. The highest BCUT2D eigenvalue weighted by atomic mass is 16.3. The molecule has 1 aliphatic rings. The summed E-state index contributed by atoms with van der Waals surface area (Å²) in [5.41, 5.74) is 0. The van der Waals surface area contributed by atoms with Crippen LogP contribution in [0.1, 0.15) is 12.8 Å². The fourth-order valence-electron chi connectivity index (χ4n) is 1.68. The van der Waals surface area contributed by atoms with Gasteiger partial charge in [0.15, 0.2) is 0 Å². The first-order valence-electron chi connectivity index (χ1n) is 5.03. The maximum Gasteiger partial charge on any atom is 0.240 e. The molecular weight excluding hydrogens is 180 g/mol. The van der Waals surface area contributed by atoms with E-state index in [0.29, 0.717) is 13.1 Å². The summed E-state index contributed by atoms with van der Waals surface area (Å²) < 4.78 is 0. The third-order valence-electron chi connectivity index (χ3n) is 2.39. The van der Waals surface area contributed by atoms with E-state index in [1.165, 1.54) is 0 Å². The molecule has 0 radical (unpaired) electrons. The van der Waals surface area contributed by atoms with Crippen LogP contribution in [0.4, 0.5) is 0 Å². The molecule has 0 aromatic rings. The molecule has 1 atom stereocenters. The SMILES string of the molecule is C=CCN(CCO)C(=O)[C@H]1CCCN1. The molecule has 1 aliphatic heterocycles. The van der Waals surface area contributed by atoms with Gasteiger partial charge in [0.1, 0.15) is 0 Å². The number of aliphatic hydroxyl groups is 1. The Hall–Kier alpha value is -0.870. The van der Waals surface area contributed by atoms with Crippen LogP contribution in [-0.4, -0.2) is 48.2 Å². The van der Waals surface area contributed by atoms with E-state index < -0.39 is 0 Å². The van der Waals surface area contributed by atoms with Crippen LogP contribution in [0.5, 0.6) is 0 Å². The van der Waals surface area contributed by atoms with Crippen molar-refractivity contribution in [3.63, 3.8) is 0 Å². The minimum absolute atomic E-state index is 0.00625. The Kier molecular flexibility index (Phi) is 4.62. The van der Waals surface area contributed by atoms with Crippen LogP contribution in [0.15, 0.2) is 12.7 Å². The summed E-state index contributed by atoms with van der Waals surface area (Å²) >= 11 is 0. The molecule has 14 heavy (non-hydrogen) atoms. The Bertz CT molecular complexity index is 200. The lowest BCUT2D eigenvalue weighted by molar-refractivity contribution is -0.133. The second kappa shape index (κ2) is 5.78. The van der Waals surface area contributed by atoms with Crippen molar-refractivity contribution in [3.8, 4) is 0 Å². The van der Waals surface area contributed by atoms with Gasteiger partial charge in [-0.25, -0.2) is 0 Å². The first-order valence-corrected chi connectivity index (χ1v) is 5.03. The van der Waals surface area contributed by atoms with Crippen molar-refractivity contribution in [1.82, 2.24) is 10.2 Å². The summed E-state index contributed by atoms with van der Waals surface area (Å²) in [5.74, 6) is 0.0800. The molecule has 1 saturated heterocycles. The quantitative estimate of drug-likeness (QED) is 0.599. The molecule has 0 saturated carbocycles. The molecule has 4 nitrogen and oxygen atoms in total. The number of nitrogens with one attached hydrogen (secondary N) is 1. The average molecular weight is 198 g/mol. The number of hydrogen-bond acceptors (Lipinski definition) is 3. The number of hydrogen-bond donors (Lipinski definition) is 2. The lowest BCUT2D eigenvalue weighted by atomic mass is 10.2. The van der Waals surface area contributed by atoms with Gasteiger partial charge in [-0.3, -0.25) is 4.79 Å². The third kappa shape index (κ3) is 2.82. The van der Waals surface area contributed by atoms with Crippen LogP contribution in [0, 0.1) is 0 Å². The van der Waals surface area contributed by atoms with E-state index in [9.17, 15) is 4.79 Å². The summed E-state index contributed by atoms with van der Waals surface area (Å²) in [6.07, 6.45) is 3.64. The summed E-state index contributed by atoms with van der Waals surface area (Å²) in [5, 5.41) is 12.0. The summed E-state index contributed by atoms with van der Waals surface area (Å²) in [6, 6.07) is -0.0542. The number of carbonyl (C=O) groups is 1. The standard InChI is InChI=1S/C10H18N2O2/c1-2-6-12(7-8-13)10(14)9-4-3-5-11-9/h2,9,11,13H,1,3-8H2/t9-/m1/s1. The van der Waals surface area contributed by atoms with E-state index in [0.717, 1.165) is 19.4 Å². The highest BCUT2D eigenvalue weighted by Crippen LogP contribution is 2.08. The predicted molar refractivity (Wildman–Crippen MR) is 54.9 cm³/mol. The molecule has 4 heteroatoms. The van der Waals surface area contributed by atoms with Gasteiger partial charge in [0, 0.05) is 13.1 Å². The molecule has 0 aliphatic carbocycles. The smallest absolute Gasteiger partial charge is 0.240 e. The number of nitrogens with zero attached hydrogens (tertiary/aromatic N) is 1. The van der Waals surface area contributed by atoms with E-state index >= 15 is 0 Å². The number of amides is 1. The molecular formula is C10H18N2O2. The lowest BCUT2D eigenvalue weighted by Gasteiger charge is -2.23. The van der Waals surface area contributed by atoms with Crippen molar-refractivity contribution in [1.29, 1.82) is 0 Å². The Morgan fingerprint density at radius 3 is 3.00 bits per heavy atom. The largest absolute Gasteiger partial charge is 0.395 e. The van der Waals surface area contributed by atoms with Crippen LogP contribution < -0.4 is 5.32 Å². The van der Waals surface area contributed by atoms with Crippen molar-refractivity contribution >= 4 is 5.91 Å². The minimum Gasteiger partial charge on any atom is -0.395 e. The van der Waals surface area contributed by atoms with Crippen molar-refractivity contribution in [3.05, 3.63) is 12.7 Å². The first-order chi connectivity index (χ1) is 6.79. The Morgan fingerprint density at radius 1 is 1.71 bits per heavy atom. The van der Waals surface area contributed by atoms with Crippen molar-refractivity contribution in [2.75, 3.05) is 26.2 Å². The van der Waals surface area contributed by atoms with Gasteiger partial charge in [0.25, 0.3) is 0 Å². The Morgan fingerprint density at radius 2 is 2.50 bits per heavy atom. The van der Waals surface area contributed by atoms with E-state index in [-0.39, 0.29) is 18.6 Å². The molecule has 1 fully saturated rings. The molecule has 2 N–H and O–H groups in total. The van der Waals surface area contributed by atoms with Crippen LogP contribution in [-0.2, 0) is 4.79 Å². The molecule has 1 amide bonds. The predicted octanol–water partition coefficient (Wildman–Crippen LogP) is -0.255. The highest BCUT2D eigenvalue weighted by Gasteiger charge is 2.25. The van der Waals surface area contributed by atoms with Gasteiger partial charge >= 0.3 is 0 Å². The molecule has 0 aromatic heterocycles. The van der Waals surface area contributed by atoms with E-state index in [1.54, 1.807) is 11.0 Å². The maximum absolute atomic E-state index is 11.8. The van der Waals surface area contributed by atoms with Gasteiger partial charge in [0.2, 0.25) is 5.91 Å². The zero-order valence-corrected chi connectivity index (χ0v) is 8.41. The van der Waals surface area contributed by atoms with E-state index in [1.807, 2.05) is 0 Å². The van der Waals surface area contributed by atoms with Crippen LogP contribution in [0.2, 0.25) is 0 Å². The van der Waals surface area contributed by atoms with Crippen LogP contribution >= 0.6 is 0 Å². The summed E-state index contributed by atoms with van der Waals surface area (Å²) in [4.78, 5) is 13.5. The second-order valence-corrected chi connectivity index (χ2v) is 3.45. The topological polar surface area (TPSA) is 52.6 Å². The van der Waals surface area contributed by atoms with Crippen molar-refractivity contribution in [2.24, 2.45) is 0 Å². The fraction of sp³-hybridized carbons (Fsp3) is 0.700. The highest BCUT2D eigenvalue weighted by molar-refractivity contribution is 5.82. The van der Waals surface area contributed by atoms with Crippen LogP contribution in [0.25, 0.3) is 0 Å². The molecule has 0 aromatic carbocycles. The fourth-order valence-corrected chi connectivity index (χ4v) is 1.68. The number of rotatable bonds is 5. The molecule has 0 unspecified atom stereocenters. The Labute approximate surface area is 84.6 Å². The normalized spacial score (nSPS) is 20.8. The van der Waals surface area contributed by atoms with Gasteiger partial charge in [-0.1, -0.05) is 6.08 Å². The monoisotopic (exact) mass is 198 g/mol. The molecule has 1 rings (SSSR count). The number of carbonyl (C=O) groups excluding carboxylic acids is 1. The van der Waals surface area contributed by atoms with Gasteiger partial charge in [-0.05, 0) is 19.4 Å². The number of aliphatic hydroxyl groups excluding tert-OH is 1. The van der Waals surface area contributed by atoms with Gasteiger partial charge < -0.3 is 15.3 Å². The van der Waals surface area contributed by atoms with E-state index in [4.69, 9.17) is 5.11 Å². The Balaban J connectivity index is 2.47. The summed E-state index contributed by atoms with van der Waals surface area (Å²) in [7, 11) is 0. The van der Waals surface area contributed by atoms with Gasteiger partial charge in [0.05, 0.1) is 12.6 Å². The van der Waals surface area contributed by atoms with Crippen molar-refractivity contribution < 1.29 is 9.90 Å². The molecule has 0 spiro atoms. The zero-order chi connectivity index (χ0) is 10.4. The zero-order valence-electron chi connectivity index (χ0n) is 8.41. The molecule has 80 valence electrons. The first kappa shape index (κ1) is 11.2. The molecule has 0 bridgehead atoms.